The number of nitrogens with zero attached hydrogens (tertiary/aromatic N) is 5. The van der Waals surface area contributed by atoms with Crippen LogP contribution in [0.3, 0.4) is 0 Å². The molecule has 1 aromatic carbocycles. The molecule has 5 rings (SSSR count). The number of rotatable bonds is 3. The number of urea groups is 1. The summed E-state index contributed by atoms with van der Waals surface area (Å²) < 4.78 is 31.5. The van der Waals surface area contributed by atoms with Gasteiger partial charge in [0, 0.05) is 12.6 Å². The molecule has 1 atom stereocenters. The second-order valence-corrected chi connectivity index (χ2v) is 8.24. The number of imide groups is 1. The zero-order valence-electron chi connectivity index (χ0n) is 16.2. The number of amides is 3. The lowest BCUT2D eigenvalue weighted by molar-refractivity contribution is -0.131. The van der Waals surface area contributed by atoms with Crippen molar-refractivity contribution < 1.29 is 18.4 Å². The van der Waals surface area contributed by atoms with Crippen LogP contribution in [0, 0.1) is 11.6 Å². The zero-order valence-corrected chi connectivity index (χ0v) is 17.0. The molecule has 158 valence electrons. The van der Waals surface area contributed by atoms with Gasteiger partial charge in [-0.1, -0.05) is 0 Å². The minimum absolute atomic E-state index is 0.236. The Bertz CT molecular complexity index is 1470. The molecular weight excluding hydrogens is 430 g/mol. The van der Waals surface area contributed by atoms with Crippen LogP contribution in [0.5, 0.6) is 0 Å². The number of nitrogens with one attached hydrogen (secondary N) is 1. The van der Waals surface area contributed by atoms with E-state index in [-0.39, 0.29) is 29.3 Å². The van der Waals surface area contributed by atoms with Crippen LogP contribution in [0.1, 0.15) is 18.3 Å². The highest BCUT2D eigenvalue weighted by Crippen LogP contribution is 2.32. The average Bonchev–Trinajstić information content (AvgIpc) is 3.42. The molecule has 0 saturated carbocycles. The lowest BCUT2D eigenvalue weighted by Crippen LogP contribution is -2.41. The van der Waals surface area contributed by atoms with E-state index in [9.17, 15) is 23.2 Å². The molecule has 3 aromatic heterocycles. The Balaban J connectivity index is 1.59. The third-order valence-electron chi connectivity index (χ3n) is 5.44. The Hall–Kier alpha value is -3.67. The van der Waals surface area contributed by atoms with Crippen molar-refractivity contribution in [2.45, 2.75) is 19.0 Å². The van der Waals surface area contributed by atoms with Gasteiger partial charge in [0.05, 0.1) is 12.1 Å². The molecule has 31 heavy (non-hydrogen) atoms. The Morgan fingerprint density at radius 2 is 1.94 bits per heavy atom. The third-order valence-corrected chi connectivity index (χ3v) is 6.33. The first-order valence-electron chi connectivity index (χ1n) is 9.12. The molecule has 1 fully saturated rings. The second kappa shape index (κ2) is 6.41. The first-order chi connectivity index (χ1) is 14.7. The first kappa shape index (κ1) is 19.3. The van der Waals surface area contributed by atoms with Crippen molar-refractivity contribution in [3.05, 3.63) is 63.0 Å². The minimum Gasteiger partial charge on any atom is -0.319 e. The van der Waals surface area contributed by atoms with Gasteiger partial charge >= 0.3 is 6.03 Å². The summed E-state index contributed by atoms with van der Waals surface area (Å²) in [6.45, 7) is 1.04. The molecule has 1 aliphatic rings. The molecule has 0 radical (unpaired) electrons. The number of aryl methyl sites for hydroxylation is 1. The van der Waals surface area contributed by atoms with E-state index in [1.54, 1.807) is 22.9 Å². The number of benzene rings is 1. The number of hydrogen-bond donors (Lipinski definition) is 1. The summed E-state index contributed by atoms with van der Waals surface area (Å²) >= 11 is 1.25. The van der Waals surface area contributed by atoms with Crippen molar-refractivity contribution in [1.82, 2.24) is 29.4 Å². The number of aromatic nitrogens is 4. The Morgan fingerprint density at radius 3 is 2.71 bits per heavy atom. The van der Waals surface area contributed by atoms with Crippen LogP contribution < -0.4 is 10.9 Å². The van der Waals surface area contributed by atoms with Gasteiger partial charge in [0.25, 0.3) is 11.5 Å². The maximum Gasteiger partial charge on any atom is 0.325 e. The summed E-state index contributed by atoms with van der Waals surface area (Å²) in [5.41, 5.74) is -1.74. The maximum absolute atomic E-state index is 14.4. The predicted octanol–water partition coefficient (Wildman–Crippen LogP) is 1.89. The summed E-state index contributed by atoms with van der Waals surface area (Å²) in [6.07, 6.45) is 0. The largest absolute Gasteiger partial charge is 0.325 e. The average molecular weight is 444 g/mol. The molecule has 1 N–H and O–H groups in total. The number of thiophene rings is 1. The summed E-state index contributed by atoms with van der Waals surface area (Å²) in [6, 6.07) is 3.66. The monoisotopic (exact) mass is 444 g/mol. The van der Waals surface area contributed by atoms with E-state index in [0.717, 1.165) is 23.1 Å². The van der Waals surface area contributed by atoms with E-state index >= 15 is 0 Å². The molecule has 0 spiro atoms. The van der Waals surface area contributed by atoms with Crippen molar-refractivity contribution in [1.29, 1.82) is 0 Å². The maximum atomic E-state index is 14.4. The van der Waals surface area contributed by atoms with E-state index < -0.39 is 29.1 Å². The second-order valence-electron chi connectivity index (χ2n) is 7.32. The van der Waals surface area contributed by atoms with Gasteiger partial charge in [-0.05, 0) is 36.6 Å². The molecule has 0 aliphatic carbocycles. The van der Waals surface area contributed by atoms with Gasteiger partial charge in [0.15, 0.2) is 5.82 Å². The lowest BCUT2D eigenvalue weighted by Gasteiger charge is -2.22. The number of halogens is 2. The molecule has 1 aliphatic heterocycles. The van der Waals surface area contributed by atoms with Gasteiger partial charge in [0.1, 0.15) is 21.9 Å². The Labute approximate surface area is 176 Å². The third kappa shape index (κ3) is 2.61. The fraction of sp³-hybridized carbons (Fsp3) is 0.211. The quantitative estimate of drug-likeness (QED) is 0.487. The summed E-state index contributed by atoms with van der Waals surface area (Å²) in [5, 5.41) is 12.3. The highest BCUT2D eigenvalue weighted by molar-refractivity contribution is 7.17. The van der Waals surface area contributed by atoms with Crippen LogP contribution in [0.15, 0.2) is 34.4 Å². The molecule has 1 saturated heterocycles. The van der Waals surface area contributed by atoms with Crippen LogP contribution in [0.25, 0.3) is 16.0 Å². The van der Waals surface area contributed by atoms with Crippen LogP contribution in [-0.2, 0) is 23.9 Å². The first-order valence-corrected chi connectivity index (χ1v) is 10.00. The van der Waals surface area contributed by atoms with Crippen molar-refractivity contribution in [2.75, 3.05) is 0 Å². The molecule has 0 bridgehead atoms. The summed E-state index contributed by atoms with van der Waals surface area (Å²) in [4.78, 5) is 39.1. The summed E-state index contributed by atoms with van der Waals surface area (Å²) in [7, 11) is 1.55. The van der Waals surface area contributed by atoms with Crippen LogP contribution in [-0.4, -0.2) is 36.0 Å². The summed E-state index contributed by atoms with van der Waals surface area (Å²) in [5.74, 6) is -1.83. The molecule has 9 nitrogen and oxygen atoms in total. The molecule has 4 aromatic rings. The van der Waals surface area contributed by atoms with Crippen molar-refractivity contribution in [3.8, 4) is 0 Å². The Morgan fingerprint density at radius 1 is 1.16 bits per heavy atom. The van der Waals surface area contributed by atoms with Gasteiger partial charge in [-0.2, -0.15) is 0 Å². The van der Waals surface area contributed by atoms with E-state index in [1.807, 2.05) is 0 Å². The minimum atomic E-state index is -1.78. The Kier molecular flexibility index (Phi) is 3.99. The van der Waals surface area contributed by atoms with Gasteiger partial charge in [-0.15, -0.1) is 21.5 Å². The lowest BCUT2D eigenvalue weighted by atomic mass is 9.91. The molecule has 3 amide bonds. The van der Waals surface area contributed by atoms with E-state index in [1.165, 1.54) is 22.8 Å². The van der Waals surface area contributed by atoms with Gasteiger partial charge < -0.3 is 5.32 Å². The number of carbonyl (C=O) groups is 2. The highest BCUT2D eigenvalue weighted by atomic mass is 32.1. The standard InChI is InChI=1S/C19H14F2N6O3S/c1-19(10-7-9(20)3-4-11(10)21)16(29)26(18(30)22-19)8-13-23-24-17-25(2)15(28)14-12(27(13)17)5-6-31-14/h3-7H,8H2,1-2H3,(H,22,30). The molecule has 4 heterocycles. The fourth-order valence-corrected chi connectivity index (χ4v) is 4.65. The number of fused-ring (bicyclic) bond motifs is 3. The highest BCUT2D eigenvalue weighted by Gasteiger charge is 2.50. The normalized spacial score (nSPS) is 19.0. The van der Waals surface area contributed by atoms with Gasteiger partial charge in [-0.3, -0.25) is 23.5 Å². The number of hydrogen-bond acceptors (Lipinski definition) is 6. The topological polar surface area (TPSA) is 102 Å². The predicted molar refractivity (Wildman–Crippen MR) is 106 cm³/mol. The van der Waals surface area contributed by atoms with E-state index in [2.05, 4.69) is 15.5 Å². The molecule has 12 heteroatoms. The van der Waals surface area contributed by atoms with Crippen molar-refractivity contribution in [3.63, 3.8) is 0 Å². The van der Waals surface area contributed by atoms with Crippen LogP contribution in [0.2, 0.25) is 0 Å². The van der Waals surface area contributed by atoms with E-state index in [4.69, 9.17) is 0 Å². The van der Waals surface area contributed by atoms with Crippen LogP contribution in [0.4, 0.5) is 13.6 Å². The van der Waals surface area contributed by atoms with Gasteiger partial charge in [0.2, 0.25) is 5.78 Å². The smallest absolute Gasteiger partial charge is 0.319 e. The van der Waals surface area contributed by atoms with E-state index in [0.29, 0.717) is 10.2 Å². The zero-order chi connectivity index (χ0) is 22.1. The fourth-order valence-electron chi connectivity index (χ4n) is 3.80. The van der Waals surface area contributed by atoms with Crippen molar-refractivity contribution in [2.24, 2.45) is 7.05 Å². The molecular formula is C19H14F2N6O3S. The van der Waals surface area contributed by atoms with Crippen LogP contribution >= 0.6 is 11.3 Å². The SMILES string of the molecule is Cn1c(=O)c2sccc2n2c(CN3C(=O)NC(C)(c4cc(F)ccc4F)C3=O)nnc12. The number of carbonyl (C=O) groups excluding carboxylic acids is 2. The van der Waals surface area contributed by atoms with Gasteiger partial charge in [-0.25, -0.2) is 13.6 Å². The molecule has 1 unspecified atom stereocenters. The van der Waals surface area contributed by atoms with Crippen molar-refractivity contribution >= 4 is 39.3 Å².